The first-order chi connectivity index (χ1) is 8.73. The summed E-state index contributed by atoms with van der Waals surface area (Å²) in [4.78, 5) is 11.1. The van der Waals surface area contributed by atoms with Gasteiger partial charge in [0, 0.05) is 11.5 Å². The van der Waals surface area contributed by atoms with E-state index in [1.165, 1.54) is 13.2 Å². The summed E-state index contributed by atoms with van der Waals surface area (Å²) in [5.41, 5.74) is -0.0577. The maximum Gasteiger partial charge on any atom is 0.330 e. The lowest BCUT2D eigenvalue weighted by Crippen LogP contribution is -2.45. The standard InChI is InChI=1S/C16H22O3/c1-12(11-14(17)19-5)8-10-16(18)13(2)7-6-9-15(16,3)4/h6-8,10-11,18H,2,9H2,1,3-5H3/b10-8+,12-11+. The molecule has 1 atom stereocenters. The molecule has 0 fully saturated rings. The molecule has 19 heavy (non-hydrogen) atoms. The second-order valence-electron chi connectivity index (χ2n) is 5.53. The first-order valence-electron chi connectivity index (χ1n) is 6.27. The van der Waals surface area contributed by atoms with Crippen LogP contribution in [-0.4, -0.2) is 23.8 Å². The summed E-state index contributed by atoms with van der Waals surface area (Å²) >= 11 is 0. The van der Waals surface area contributed by atoms with Crippen LogP contribution in [0.25, 0.3) is 0 Å². The molecule has 1 rings (SSSR count). The van der Waals surface area contributed by atoms with Crippen LogP contribution in [0.15, 0.2) is 48.1 Å². The molecule has 0 spiro atoms. The largest absolute Gasteiger partial charge is 0.466 e. The fourth-order valence-electron chi connectivity index (χ4n) is 2.09. The van der Waals surface area contributed by atoms with Gasteiger partial charge in [0.1, 0.15) is 5.60 Å². The maximum atomic E-state index is 11.1. The Morgan fingerprint density at radius 3 is 2.68 bits per heavy atom. The molecule has 3 heteroatoms. The van der Waals surface area contributed by atoms with Crippen molar-refractivity contribution < 1.29 is 14.6 Å². The van der Waals surface area contributed by atoms with E-state index in [0.29, 0.717) is 5.57 Å². The lowest BCUT2D eigenvalue weighted by Gasteiger charge is -2.43. The molecule has 1 N–H and O–H groups in total. The van der Waals surface area contributed by atoms with E-state index in [9.17, 15) is 9.90 Å². The Hall–Kier alpha value is -1.61. The molecule has 0 radical (unpaired) electrons. The molecular weight excluding hydrogens is 240 g/mol. The zero-order chi connectivity index (χ0) is 14.7. The third-order valence-corrected chi connectivity index (χ3v) is 3.60. The number of carbonyl (C=O) groups is 1. The molecule has 0 aromatic rings. The molecule has 0 aliphatic heterocycles. The second-order valence-corrected chi connectivity index (χ2v) is 5.53. The highest BCUT2D eigenvalue weighted by atomic mass is 16.5. The number of aliphatic hydroxyl groups is 1. The van der Waals surface area contributed by atoms with Gasteiger partial charge in [0.05, 0.1) is 7.11 Å². The number of ether oxygens (including phenoxy) is 1. The van der Waals surface area contributed by atoms with Gasteiger partial charge in [-0.1, -0.05) is 38.7 Å². The molecule has 1 aliphatic carbocycles. The summed E-state index contributed by atoms with van der Waals surface area (Å²) in [6, 6.07) is 0. The monoisotopic (exact) mass is 262 g/mol. The Labute approximate surface area is 115 Å². The second kappa shape index (κ2) is 5.57. The number of esters is 1. The van der Waals surface area contributed by atoms with Crippen LogP contribution < -0.4 is 0 Å². The van der Waals surface area contributed by atoms with Crippen molar-refractivity contribution >= 4 is 5.97 Å². The summed E-state index contributed by atoms with van der Waals surface area (Å²) in [5.74, 6) is -0.407. The first-order valence-corrected chi connectivity index (χ1v) is 6.27. The van der Waals surface area contributed by atoms with Crippen molar-refractivity contribution in [2.24, 2.45) is 5.41 Å². The number of allylic oxidation sites excluding steroid dienone is 3. The molecule has 1 aliphatic rings. The topological polar surface area (TPSA) is 46.5 Å². The molecule has 3 nitrogen and oxygen atoms in total. The van der Waals surface area contributed by atoms with Gasteiger partial charge in [-0.05, 0) is 30.6 Å². The van der Waals surface area contributed by atoms with Crippen LogP contribution in [0.2, 0.25) is 0 Å². The van der Waals surface area contributed by atoms with Crippen molar-refractivity contribution in [1.29, 1.82) is 0 Å². The predicted molar refractivity (Wildman–Crippen MR) is 76.5 cm³/mol. The predicted octanol–water partition coefficient (Wildman–Crippen LogP) is 2.94. The van der Waals surface area contributed by atoms with Crippen molar-refractivity contribution in [2.75, 3.05) is 7.11 Å². The van der Waals surface area contributed by atoms with Crippen LogP contribution in [0.1, 0.15) is 27.2 Å². The van der Waals surface area contributed by atoms with Crippen molar-refractivity contribution in [3.8, 4) is 0 Å². The van der Waals surface area contributed by atoms with Crippen LogP contribution in [0.3, 0.4) is 0 Å². The van der Waals surface area contributed by atoms with E-state index >= 15 is 0 Å². The smallest absolute Gasteiger partial charge is 0.330 e. The van der Waals surface area contributed by atoms with E-state index in [0.717, 1.165) is 12.0 Å². The summed E-state index contributed by atoms with van der Waals surface area (Å²) < 4.78 is 4.56. The quantitative estimate of drug-likeness (QED) is 0.483. The number of carbonyl (C=O) groups excluding carboxylic acids is 1. The Morgan fingerprint density at radius 2 is 2.16 bits per heavy atom. The fraction of sp³-hybridized carbons (Fsp3) is 0.438. The summed E-state index contributed by atoms with van der Waals surface area (Å²) in [5, 5.41) is 10.8. The highest BCUT2D eigenvalue weighted by molar-refractivity contribution is 5.83. The van der Waals surface area contributed by atoms with Gasteiger partial charge in [0.25, 0.3) is 0 Å². The van der Waals surface area contributed by atoms with E-state index in [1.54, 1.807) is 19.1 Å². The summed E-state index contributed by atoms with van der Waals surface area (Å²) in [7, 11) is 1.33. The highest BCUT2D eigenvalue weighted by Crippen LogP contribution is 2.44. The molecule has 0 aromatic carbocycles. The molecule has 0 aromatic heterocycles. The van der Waals surface area contributed by atoms with Crippen LogP contribution >= 0.6 is 0 Å². The Morgan fingerprint density at radius 1 is 1.53 bits per heavy atom. The van der Waals surface area contributed by atoms with E-state index < -0.39 is 11.6 Å². The van der Waals surface area contributed by atoms with Crippen LogP contribution in [-0.2, 0) is 9.53 Å². The first kappa shape index (κ1) is 15.4. The molecule has 1 unspecified atom stereocenters. The number of hydrogen-bond acceptors (Lipinski definition) is 3. The van der Waals surface area contributed by atoms with Gasteiger partial charge in [-0.2, -0.15) is 0 Å². The van der Waals surface area contributed by atoms with Gasteiger partial charge in [0.15, 0.2) is 0 Å². The van der Waals surface area contributed by atoms with Crippen LogP contribution in [0.4, 0.5) is 0 Å². The molecule has 0 bridgehead atoms. The summed E-state index contributed by atoms with van der Waals surface area (Å²) in [6.07, 6.45) is 9.44. The minimum atomic E-state index is -1.10. The molecular formula is C16H22O3. The third kappa shape index (κ3) is 3.24. The Bertz CT molecular complexity index is 466. The minimum absolute atomic E-state index is 0.332. The average Bonchev–Trinajstić information content (AvgIpc) is 2.33. The van der Waals surface area contributed by atoms with Gasteiger partial charge in [0.2, 0.25) is 0 Å². The van der Waals surface area contributed by atoms with Crippen molar-refractivity contribution in [3.63, 3.8) is 0 Å². The number of rotatable bonds is 3. The normalized spacial score (nSPS) is 26.8. The third-order valence-electron chi connectivity index (χ3n) is 3.60. The van der Waals surface area contributed by atoms with Gasteiger partial charge in [-0.15, -0.1) is 0 Å². The minimum Gasteiger partial charge on any atom is -0.466 e. The van der Waals surface area contributed by atoms with Crippen molar-refractivity contribution in [2.45, 2.75) is 32.8 Å². The van der Waals surface area contributed by atoms with Gasteiger partial charge in [-0.3, -0.25) is 0 Å². The average molecular weight is 262 g/mol. The van der Waals surface area contributed by atoms with Gasteiger partial charge < -0.3 is 9.84 Å². The fourth-order valence-corrected chi connectivity index (χ4v) is 2.09. The van der Waals surface area contributed by atoms with E-state index in [4.69, 9.17) is 0 Å². The highest BCUT2D eigenvalue weighted by Gasteiger charge is 2.43. The lowest BCUT2D eigenvalue weighted by molar-refractivity contribution is -0.134. The summed E-state index contributed by atoms with van der Waals surface area (Å²) in [6.45, 7) is 9.68. The van der Waals surface area contributed by atoms with Crippen molar-refractivity contribution in [1.82, 2.24) is 0 Å². The van der Waals surface area contributed by atoms with E-state index in [1.807, 2.05) is 26.0 Å². The van der Waals surface area contributed by atoms with E-state index in [2.05, 4.69) is 11.3 Å². The zero-order valence-electron chi connectivity index (χ0n) is 12.1. The molecule has 0 saturated carbocycles. The maximum absolute atomic E-state index is 11.1. The van der Waals surface area contributed by atoms with Crippen LogP contribution in [0, 0.1) is 5.41 Å². The SMILES string of the molecule is C=C1C=CCC(C)(C)C1(O)/C=C/C(C)=C/C(=O)OC. The van der Waals surface area contributed by atoms with Crippen LogP contribution in [0.5, 0.6) is 0 Å². The van der Waals surface area contributed by atoms with Gasteiger partial charge in [-0.25, -0.2) is 4.79 Å². The number of hydrogen-bond donors (Lipinski definition) is 1. The Kier molecular flexibility index (Phi) is 4.53. The Balaban J connectivity index is 3.01. The van der Waals surface area contributed by atoms with Gasteiger partial charge >= 0.3 is 5.97 Å². The van der Waals surface area contributed by atoms with E-state index in [-0.39, 0.29) is 5.41 Å². The zero-order valence-corrected chi connectivity index (χ0v) is 12.1. The van der Waals surface area contributed by atoms with Crippen molar-refractivity contribution in [3.05, 3.63) is 48.1 Å². The lowest BCUT2D eigenvalue weighted by atomic mass is 9.66. The molecule has 104 valence electrons. The molecule has 0 saturated heterocycles. The molecule has 0 amide bonds. The molecule has 0 heterocycles. The number of methoxy groups -OCH3 is 1.